The lowest BCUT2D eigenvalue weighted by Gasteiger charge is -2.34. The van der Waals surface area contributed by atoms with E-state index in [9.17, 15) is 0 Å². The van der Waals surface area contributed by atoms with Crippen molar-refractivity contribution in [3.05, 3.63) is 142 Å². The maximum atomic E-state index is 4.67. The van der Waals surface area contributed by atoms with Crippen molar-refractivity contribution >= 4 is 11.6 Å². The normalized spacial score (nSPS) is 20.4. The second-order valence-corrected chi connectivity index (χ2v) is 10.8. The van der Waals surface area contributed by atoms with E-state index < -0.39 is 0 Å². The fourth-order valence-corrected chi connectivity index (χ4v) is 5.89. The Bertz CT molecular complexity index is 1300. The summed E-state index contributed by atoms with van der Waals surface area (Å²) in [7, 11) is 0. The van der Waals surface area contributed by atoms with Gasteiger partial charge in [0.15, 0.2) is 0 Å². The van der Waals surface area contributed by atoms with Crippen molar-refractivity contribution in [1.82, 2.24) is 0 Å². The lowest BCUT2D eigenvalue weighted by molar-refractivity contribution is 0.619. The number of benzene rings is 2. The van der Waals surface area contributed by atoms with Gasteiger partial charge in [0.2, 0.25) is 0 Å². The first-order valence-corrected chi connectivity index (χ1v) is 13.2. The first kappa shape index (κ1) is 25.7. The van der Waals surface area contributed by atoms with Crippen LogP contribution in [0.2, 0.25) is 0 Å². The quantitative estimate of drug-likeness (QED) is 0.335. The van der Waals surface area contributed by atoms with Crippen LogP contribution in [0.25, 0.3) is 11.6 Å². The van der Waals surface area contributed by atoms with Crippen LogP contribution in [0.15, 0.2) is 120 Å². The second kappa shape index (κ2) is 10.7. The Kier molecular flexibility index (Phi) is 7.65. The molecule has 0 nitrogen and oxygen atoms in total. The molecule has 0 amide bonds. The van der Waals surface area contributed by atoms with Gasteiger partial charge in [-0.05, 0) is 84.6 Å². The van der Waals surface area contributed by atoms with E-state index in [2.05, 4.69) is 108 Å². The van der Waals surface area contributed by atoms with Crippen molar-refractivity contribution < 1.29 is 0 Å². The molecule has 0 N–H and O–H groups in total. The van der Waals surface area contributed by atoms with Crippen LogP contribution in [0.5, 0.6) is 0 Å². The highest BCUT2D eigenvalue weighted by atomic mass is 14.4. The highest BCUT2D eigenvalue weighted by Crippen LogP contribution is 2.55. The predicted octanol–water partition coefficient (Wildman–Crippen LogP) is 10.2. The summed E-state index contributed by atoms with van der Waals surface area (Å²) in [6.45, 7) is 26.0. The van der Waals surface area contributed by atoms with E-state index in [1.54, 1.807) is 0 Å². The average Bonchev–Trinajstić information content (AvgIpc) is 3.13. The van der Waals surface area contributed by atoms with Gasteiger partial charge in [0, 0.05) is 11.8 Å². The topological polar surface area (TPSA) is 0 Å². The van der Waals surface area contributed by atoms with Crippen LogP contribution >= 0.6 is 0 Å². The zero-order valence-corrected chi connectivity index (χ0v) is 22.6. The van der Waals surface area contributed by atoms with Gasteiger partial charge in [-0.2, -0.15) is 0 Å². The van der Waals surface area contributed by atoms with Gasteiger partial charge >= 0.3 is 0 Å². The van der Waals surface area contributed by atoms with Crippen molar-refractivity contribution in [2.75, 3.05) is 0 Å². The van der Waals surface area contributed by atoms with Gasteiger partial charge in [-0.1, -0.05) is 123 Å². The molecule has 184 valence electrons. The Morgan fingerprint density at radius 2 is 1.61 bits per heavy atom. The molecule has 4 rings (SSSR count). The molecule has 0 bridgehead atoms. The lowest BCUT2D eigenvalue weighted by atomic mass is 9.69. The zero-order chi connectivity index (χ0) is 26.0. The van der Waals surface area contributed by atoms with Crippen molar-refractivity contribution in [3.8, 4) is 0 Å². The molecule has 0 aliphatic heterocycles. The van der Waals surface area contributed by atoms with Crippen LogP contribution in [-0.4, -0.2) is 0 Å². The molecule has 0 radical (unpaired) electrons. The van der Waals surface area contributed by atoms with E-state index in [1.807, 2.05) is 6.92 Å². The van der Waals surface area contributed by atoms with Gasteiger partial charge in [-0.25, -0.2) is 0 Å². The van der Waals surface area contributed by atoms with Crippen LogP contribution < -0.4 is 0 Å². The van der Waals surface area contributed by atoms with Crippen molar-refractivity contribution in [3.63, 3.8) is 0 Å². The Hall–Kier alpha value is -3.38. The Morgan fingerprint density at radius 1 is 0.944 bits per heavy atom. The molecule has 1 saturated carbocycles. The van der Waals surface area contributed by atoms with E-state index in [1.165, 1.54) is 61.3 Å². The van der Waals surface area contributed by atoms with Gasteiger partial charge in [-0.15, -0.1) is 0 Å². The second-order valence-electron chi connectivity index (χ2n) is 10.8. The maximum absolute atomic E-state index is 4.67. The third kappa shape index (κ3) is 5.24. The zero-order valence-electron chi connectivity index (χ0n) is 22.6. The number of hydrogen-bond donors (Lipinski definition) is 0. The summed E-state index contributed by atoms with van der Waals surface area (Å²) in [6, 6.07) is 17.9. The molecular weight excluding hydrogens is 432 g/mol. The highest BCUT2D eigenvalue weighted by Gasteiger charge is 2.40. The van der Waals surface area contributed by atoms with Gasteiger partial charge in [0.25, 0.3) is 0 Å². The molecular formula is C36H40. The molecule has 1 fully saturated rings. The van der Waals surface area contributed by atoms with Gasteiger partial charge in [0.1, 0.15) is 0 Å². The van der Waals surface area contributed by atoms with E-state index in [4.69, 9.17) is 0 Å². The van der Waals surface area contributed by atoms with Crippen molar-refractivity contribution in [2.24, 2.45) is 5.92 Å². The molecule has 0 spiro atoms. The largest absolute Gasteiger partial charge is 0.0998 e. The molecule has 0 saturated heterocycles. The molecule has 0 aromatic heterocycles. The van der Waals surface area contributed by atoms with Crippen LogP contribution in [0.3, 0.4) is 0 Å². The minimum Gasteiger partial charge on any atom is -0.0998 e. The minimum absolute atomic E-state index is 0.257. The average molecular weight is 473 g/mol. The molecule has 2 aliphatic carbocycles. The standard InChI is InChI=1S/C36H40/c1-9-10-25(6)34-26(7)20-33-22-32(21-29-11-15-30(16-12-29)24(4)5)27(8)35(33)36(34)31-17-13-28(14-18-31)19-23(2)3/h11-18,20-21,35-36H,2,4,6,8-10,19,22H2,1,3,5,7H3. The highest BCUT2D eigenvalue weighted by molar-refractivity contribution is 5.69. The summed E-state index contributed by atoms with van der Waals surface area (Å²) in [5.41, 5.74) is 15.5. The number of hydrogen-bond acceptors (Lipinski definition) is 0. The summed E-state index contributed by atoms with van der Waals surface area (Å²) in [5.74, 6) is 0.539. The number of allylic oxidation sites excluding steroid dienone is 9. The molecule has 2 unspecified atom stereocenters. The first-order chi connectivity index (χ1) is 17.2. The van der Waals surface area contributed by atoms with E-state index >= 15 is 0 Å². The maximum Gasteiger partial charge on any atom is 0.0201 e. The van der Waals surface area contributed by atoms with Crippen LogP contribution in [0, 0.1) is 5.92 Å². The smallest absolute Gasteiger partial charge is 0.0201 e. The van der Waals surface area contributed by atoms with Crippen molar-refractivity contribution in [1.29, 1.82) is 0 Å². The third-order valence-electron chi connectivity index (χ3n) is 7.57. The minimum atomic E-state index is 0.257. The summed E-state index contributed by atoms with van der Waals surface area (Å²) in [5, 5.41) is 0. The fraction of sp³-hybridized carbons (Fsp3) is 0.278. The van der Waals surface area contributed by atoms with Crippen LogP contribution in [0.4, 0.5) is 0 Å². The fourth-order valence-electron chi connectivity index (χ4n) is 5.89. The summed E-state index contributed by atoms with van der Waals surface area (Å²) < 4.78 is 0. The van der Waals surface area contributed by atoms with Crippen molar-refractivity contribution in [2.45, 2.75) is 59.3 Å². The Labute approximate surface area is 218 Å². The van der Waals surface area contributed by atoms with E-state index in [-0.39, 0.29) is 11.8 Å². The number of rotatable bonds is 8. The van der Waals surface area contributed by atoms with Gasteiger partial charge < -0.3 is 0 Å². The lowest BCUT2D eigenvalue weighted by Crippen LogP contribution is -2.21. The number of fused-ring (bicyclic) bond motifs is 1. The first-order valence-electron chi connectivity index (χ1n) is 13.2. The van der Waals surface area contributed by atoms with Gasteiger partial charge in [0.05, 0.1) is 0 Å². The van der Waals surface area contributed by atoms with E-state index in [0.717, 1.165) is 31.3 Å². The summed E-state index contributed by atoms with van der Waals surface area (Å²) >= 11 is 0. The van der Waals surface area contributed by atoms with Crippen LogP contribution in [0.1, 0.15) is 75.1 Å². The van der Waals surface area contributed by atoms with E-state index in [0.29, 0.717) is 0 Å². The van der Waals surface area contributed by atoms with Crippen LogP contribution in [-0.2, 0) is 6.42 Å². The summed E-state index contributed by atoms with van der Waals surface area (Å²) in [4.78, 5) is 0. The molecule has 2 aromatic carbocycles. The SMILES string of the molecule is C=C(C)Cc1ccc(C2C(C(=C)CCC)=C(C)C=C3CC(=Cc4ccc(C(=C)C)cc4)C(=C)C32)cc1. The predicted molar refractivity (Wildman–Crippen MR) is 159 cm³/mol. The molecule has 2 atom stereocenters. The molecule has 36 heavy (non-hydrogen) atoms. The third-order valence-corrected chi connectivity index (χ3v) is 7.57. The Balaban J connectivity index is 1.74. The molecule has 0 heterocycles. The summed E-state index contributed by atoms with van der Waals surface area (Å²) in [6.07, 6.45) is 8.76. The Morgan fingerprint density at radius 3 is 2.19 bits per heavy atom. The molecule has 2 aromatic rings. The molecule has 2 aliphatic rings. The monoisotopic (exact) mass is 472 g/mol. The van der Waals surface area contributed by atoms with Gasteiger partial charge in [-0.3, -0.25) is 0 Å². The molecule has 0 heteroatoms.